The van der Waals surface area contributed by atoms with E-state index < -0.39 is 17.6 Å². The molecule has 0 atom stereocenters. The van der Waals surface area contributed by atoms with Crippen molar-refractivity contribution in [3.63, 3.8) is 0 Å². The van der Waals surface area contributed by atoms with E-state index in [0.717, 1.165) is 19.2 Å². The van der Waals surface area contributed by atoms with E-state index in [1.165, 1.54) is 17.1 Å². The number of hydrogen-bond donors (Lipinski definition) is 1. The molecule has 0 bridgehead atoms. The number of rotatable bonds is 9. The normalized spacial score (nSPS) is 14.2. The van der Waals surface area contributed by atoms with Gasteiger partial charge in [0.1, 0.15) is 5.75 Å². The number of alkyl halides is 3. The lowest BCUT2D eigenvalue weighted by atomic mass is 10.0. The molecular weight excluding hydrogens is 597 g/mol. The van der Waals surface area contributed by atoms with E-state index in [1.54, 1.807) is 63.6 Å². The molecule has 0 radical (unpaired) electrons. The van der Waals surface area contributed by atoms with Gasteiger partial charge in [0.15, 0.2) is 11.6 Å². The molecule has 13 heteroatoms. The average molecular weight is 633 g/mol. The number of benzene rings is 2. The number of ether oxygens (including phenoxy) is 1. The zero-order valence-electron chi connectivity index (χ0n) is 26.1. The first-order chi connectivity index (χ1) is 21.9. The molecule has 0 aliphatic carbocycles. The Hall–Kier alpha value is -4.88. The maximum absolute atomic E-state index is 14.1. The van der Waals surface area contributed by atoms with Crippen LogP contribution >= 0.6 is 0 Å². The Morgan fingerprint density at radius 1 is 1.04 bits per heavy atom. The maximum atomic E-state index is 14.1. The van der Waals surface area contributed by atoms with Crippen LogP contribution in [-0.2, 0) is 12.7 Å². The third kappa shape index (κ3) is 7.49. The topological polar surface area (TPSA) is 99.1 Å². The van der Waals surface area contributed by atoms with Gasteiger partial charge in [-0.2, -0.15) is 23.3 Å². The van der Waals surface area contributed by atoms with Crippen molar-refractivity contribution in [3.05, 3.63) is 88.7 Å². The summed E-state index contributed by atoms with van der Waals surface area (Å²) in [6, 6.07) is 12.3. The molecule has 0 saturated carbocycles. The fourth-order valence-corrected chi connectivity index (χ4v) is 5.07. The zero-order chi connectivity index (χ0) is 33.0. The fraction of sp³-hybridized carbons (Fsp3) is 0.303. The van der Waals surface area contributed by atoms with E-state index >= 15 is 0 Å². The van der Waals surface area contributed by atoms with Crippen molar-refractivity contribution in [1.29, 1.82) is 0 Å². The van der Waals surface area contributed by atoms with Crippen LogP contribution in [0.15, 0.2) is 66.0 Å². The summed E-state index contributed by atoms with van der Waals surface area (Å²) in [7, 11) is 3.69. The number of piperazine rings is 1. The molecule has 1 N–H and O–H groups in total. The van der Waals surface area contributed by atoms with Crippen LogP contribution in [-0.4, -0.2) is 77.7 Å². The quantitative estimate of drug-likeness (QED) is 0.177. The number of aryl methyl sites for hydroxylation is 1. The third-order valence-electron chi connectivity index (χ3n) is 7.87. The Morgan fingerprint density at radius 2 is 1.76 bits per heavy atom. The Bertz CT molecular complexity index is 1720. The smallest absolute Gasteiger partial charge is 0.416 e. The number of pyridine rings is 1. The molecule has 1 saturated heterocycles. The molecule has 3 heterocycles. The molecule has 1 aliphatic rings. The molecular formula is C33H35F3N8O2. The standard InChI is InChI=1S/C33H35F3N8O2/c1-21-6-9-26(46-32-22(2)30(43(5)37-3)40-29(41-32)23-10-12-38-13-11-23)19-28(21)39-31(45)24-7-8-25(27(18-24)33(34,35)36)20-44-16-14-42(4)15-17-44/h6-13,18-19H,3,14-17,20H2,1-2,4-5H3,(H,39,45). The van der Waals surface area contributed by atoms with Gasteiger partial charge in [-0.3, -0.25) is 19.7 Å². The summed E-state index contributed by atoms with van der Waals surface area (Å²) in [6.07, 6.45) is -1.36. The number of nitrogens with one attached hydrogen (secondary N) is 1. The number of halogens is 3. The number of carbonyl (C=O) groups is 1. The largest absolute Gasteiger partial charge is 0.438 e. The highest BCUT2D eigenvalue weighted by Crippen LogP contribution is 2.35. The van der Waals surface area contributed by atoms with Crippen LogP contribution in [0.25, 0.3) is 11.4 Å². The molecule has 2 aromatic heterocycles. The summed E-state index contributed by atoms with van der Waals surface area (Å²) in [6.45, 7) is 10.2. The first kappa shape index (κ1) is 32.5. The fourth-order valence-electron chi connectivity index (χ4n) is 5.07. The number of nitrogens with zero attached hydrogens (tertiary/aromatic N) is 7. The van der Waals surface area contributed by atoms with Gasteiger partial charge in [0.25, 0.3) is 5.91 Å². The van der Waals surface area contributed by atoms with Crippen LogP contribution in [0.4, 0.5) is 24.7 Å². The van der Waals surface area contributed by atoms with Crippen molar-refractivity contribution in [3.8, 4) is 23.0 Å². The van der Waals surface area contributed by atoms with Crippen LogP contribution in [0, 0.1) is 13.8 Å². The Kier molecular flexibility index (Phi) is 9.63. The minimum absolute atomic E-state index is 0.0987. The number of hydrogen-bond acceptors (Lipinski definition) is 9. The number of anilines is 2. The minimum Gasteiger partial charge on any atom is -0.438 e. The molecule has 46 heavy (non-hydrogen) atoms. The first-order valence-corrected chi connectivity index (χ1v) is 14.6. The van der Waals surface area contributed by atoms with Gasteiger partial charge in [-0.15, -0.1) is 0 Å². The summed E-state index contributed by atoms with van der Waals surface area (Å²) < 4.78 is 48.6. The predicted molar refractivity (Wildman–Crippen MR) is 171 cm³/mol. The molecule has 1 aliphatic heterocycles. The molecule has 0 unspecified atom stereocenters. The molecule has 240 valence electrons. The third-order valence-corrected chi connectivity index (χ3v) is 7.87. The molecule has 4 aromatic rings. The number of amides is 1. The van der Waals surface area contributed by atoms with Gasteiger partial charge >= 0.3 is 6.18 Å². The number of aromatic nitrogens is 3. The highest BCUT2D eigenvalue weighted by Gasteiger charge is 2.34. The highest BCUT2D eigenvalue weighted by molar-refractivity contribution is 6.05. The number of likely N-dealkylation sites (N-methyl/N-ethyl adjacent to an activating group) is 1. The first-order valence-electron chi connectivity index (χ1n) is 14.6. The van der Waals surface area contributed by atoms with Gasteiger partial charge in [-0.1, -0.05) is 12.1 Å². The van der Waals surface area contributed by atoms with Crippen molar-refractivity contribution < 1.29 is 22.7 Å². The lowest BCUT2D eigenvalue weighted by Gasteiger charge is -2.33. The second-order valence-electron chi connectivity index (χ2n) is 11.2. The Morgan fingerprint density at radius 3 is 2.43 bits per heavy atom. The van der Waals surface area contributed by atoms with Crippen LogP contribution in [0.3, 0.4) is 0 Å². The summed E-state index contributed by atoms with van der Waals surface area (Å²) in [5.74, 6) is 0.784. The van der Waals surface area contributed by atoms with Gasteiger partial charge < -0.3 is 15.0 Å². The molecule has 5 rings (SSSR count). The number of carbonyl (C=O) groups excluding carboxylic acids is 1. The van der Waals surface area contributed by atoms with Gasteiger partial charge in [0.05, 0.1) is 11.1 Å². The van der Waals surface area contributed by atoms with Crippen molar-refractivity contribution in [2.24, 2.45) is 5.10 Å². The molecule has 0 spiro atoms. The van der Waals surface area contributed by atoms with Crippen molar-refractivity contribution >= 4 is 24.1 Å². The second-order valence-corrected chi connectivity index (χ2v) is 11.2. The molecule has 2 aromatic carbocycles. The van der Waals surface area contributed by atoms with Crippen LogP contribution in [0.5, 0.6) is 11.6 Å². The molecule has 1 amide bonds. The van der Waals surface area contributed by atoms with Crippen LogP contribution in [0.2, 0.25) is 0 Å². The predicted octanol–water partition coefficient (Wildman–Crippen LogP) is 6.02. The monoisotopic (exact) mass is 632 g/mol. The Labute approximate surface area is 265 Å². The highest BCUT2D eigenvalue weighted by atomic mass is 19.4. The summed E-state index contributed by atoms with van der Waals surface area (Å²) in [4.78, 5) is 30.7. The van der Waals surface area contributed by atoms with Crippen LogP contribution in [0.1, 0.15) is 32.6 Å². The average Bonchev–Trinajstić information content (AvgIpc) is 3.04. The van der Waals surface area contributed by atoms with Crippen molar-refractivity contribution in [2.75, 3.05) is 50.6 Å². The van der Waals surface area contributed by atoms with E-state index in [9.17, 15) is 18.0 Å². The van der Waals surface area contributed by atoms with E-state index in [0.29, 0.717) is 52.9 Å². The second kappa shape index (κ2) is 13.6. The van der Waals surface area contributed by atoms with E-state index in [1.807, 2.05) is 11.9 Å². The number of hydrazone groups is 1. The summed E-state index contributed by atoms with van der Waals surface area (Å²) in [5.41, 5.74) is 1.60. The Balaban J connectivity index is 1.40. The lowest BCUT2D eigenvalue weighted by molar-refractivity contribution is -0.138. The maximum Gasteiger partial charge on any atom is 0.416 e. The van der Waals surface area contributed by atoms with Gasteiger partial charge in [0.2, 0.25) is 5.88 Å². The summed E-state index contributed by atoms with van der Waals surface area (Å²) in [5, 5.41) is 8.21. The van der Waals surface area contributed by atoms with E-state index in [4.69, 9.17) is 4.74 Å². The van der Waals surface area contributed by atoms with E-state index in [2.05, 4.69) is 37.0 Å². The van der Waals surface area contributed by atoms with Gasteiger partial charge in [-0.05, 0) is 62.4 Å². The van der Waals surface area contributed by atoms with Gasteiger partial charge in [-0.25, -0.2) is 4.98 Å². The molecule has 1 fully saturated rings. The lowest BCUT2D eigenvalue weighted by Crippen LogP contribution is -2.44. The van der Waals surface area contributed by atoms with Gasteiger partial charge in [0, 0.05) is 81.8 Å². The SMILES string of the molecule is C=NN(C)c1nc(-c2ccncc2)nc(Oc2ccc(C)c(NC(=O)c3ccc(CN4CCN(C)CC4)c(C(F)(F)F)c3)c2)c1C. The van der Waals surface area contributed by atoms with Crippen molar-refractivity contribution in [2.45, 2.75) is 26.6 Å². The minimum atomic E-state index is -4.61. The van der Waals surface area contributed by atoms with Crippen LogP contribution < -0.4 is 15.1 Å². The summed E-state index contributed by atoms with van der Waals surface area (Å²) >= 11 is 0. The van der Waals surface area contributed by atoms with Crippen molar-refractivity contribution in [1.82, 2.24) is 24.8 Å². The van der Waals surface area contributed by atoms with E-state index in [-0.39, 0.29) is 23.6 Å². The molecule has 10 nitrogen and oxygen atoms in total. The zero-order valence-corrected chi connectivity index (χ0v) is 26.1.